The first-order valence-corrected chi connectivity index (χ1v) is 10.0. The summed E-state index contributed by atoms with van der Waals surface area (Å²) < 4.78 is 5.11. The number of aryl methyl sites for hydroxylation is 1. The third kappa shape index (κ3) is 7.25. The van der Waals surface area contributed by atoms with Gasteiger partial charge in [0.25, 0.3) is 0 Å². The molecule has 1 heterocycles. The lowest BCUT2D eigenvalue weighted by atomic mass is 9.98. The summed E-state index contributed by atoms with van der Waals surface area (Å²) in [4.78, 5) is 39.2. The van der Waals surface area contributed by atoms with Gasteiger partial charge in [0.05, 0.1) is 6.61 Å². The van der Waals surface area contributed by atoms with Gasteiger partial charge in [0, 0.05) is 19.3 Å². The largest absolute Gasteiger partial charge is 0.449 e. The minimum absolute atomic E-state index is 0. The van der Waals surface area contributed by atoms with E-state index in [1.54, 1.807) is 25.1 Å². The maximum absolute atomic E-state index is 12.8. The summed E-state index contributed by atoms with van der Waals surface area (Å²) in [5, 5.41) is 7.15. The molecule has 1 aromatic carbocycles. The molecule has 0 radical (unpaired) electrons. The number of hydrogen-bond donors (Lipinski definition) is 2. The van der Waals surface area contributed by atoms with E-state index in [1.807, 2.05) is 31.9 Å². The van der Waals surface area contributed by atoms with Crippen molar-refractivity contribution >= 4 is 47.1 Å². The number of carbonyl (C=O) groups is 3. The number of carbonyl (C=O) groups excluding carboxylic acids is 3. The van der Waals surface area contributed by atoms with Crippen molar-refractivity contribution in [3.05, 3.63) is 35.4 Å². The fraction of sp³-hybridized carbons (Fsp3) is 0.474. The molecule has 1 unspecified atom stereocenters. The predicted octanol–water partition coefficient (Wildman–Crippen LogP) is 2.48. The molecule has 0 bridgehead atoms. The van der Waals surface area contributed by atoms with Crippen molar-refractivity contribution in [1.82, 2.24) is 15.6 Å². The van der Waals surface area contributed by atoms with Crippen LogP contribution in [0.1, 0.15) is 31.0 Å². The molecule has 1 aliphatic heterocycles. The summed E-state index contributed by atoms with van der Waals surface area (Å²) in [6.07, 6.45) is -0.750. The number of thioether (sulfide) groups is 1. The SMILES string of the molecule is Cc1ccccc1C(NC(=O)OCC(C)C)C(=O)C(=O)N/N=C1\SCCN1C.Cl. The summed E-state index contributed by atoms with van der Waals surface area (Å²) in [6, 6.07) is 5.90. The molecule has 1 fully saturated rings. The highest BCUT2D eigenvalue weighted by Gasteiger charge is 2.30. The zero-order valence-corrected chi connectivity index (χ0v) is 18.6. The number of halogens is 1. The number of hydrogen-bond acceptors (Lipinski definition) is 6. The molecule has 1 saturated heterocycles. The second-order valence-electron chi connectivity index (χ2n) is 6.90. The molecule has 8 nitrogen and oxygen atoms in total. The second kappa shape index (κ2) is 11.7. The topological polar surface area (TPSA) is 100 Å². The van der Waals surface area contributed by atoms with E-state index < -0.39 is 23.8 Å². The van der Waals surface area contributed by atoms with Crippen molar-refractivity contribution in [1.29, 1.82) is 0 Å². The van der Waals surface area contributed by atoms with Gasteiger partial charge in [0.15, 0.2) is 5.17 Å². The van der Waals surface area contributed by atoms with Crippen molar-refractivity contribution < 1.29 is 19.1 Å². The van der Waals surface area contributed by atoms with E-state index in [0.717, 1.165) is 17.9 Å². The van der Waals surface area contributed by atoms with Crippen LogP contribution in [0.3, 0.4) is 0 Å². The third-order valence-corrected chi connectivity index (χ3v) is 5.08. The van der Waals surface area contributed by atoms with Gasteiger partial charge < -0.3 is 15.0 Å². The summed E-state index contributed by atoms with van der Waals surface area (Å²) >= 11 is 1.49. The molecule has 0 saturated carbocycles. The van der Waals surface area contributed by atoms with Crippen molar-refractivity contribution in [3.63, 3.8) is 0 Å². The van der Waals surface area contributed by atoms with Gasteiger partial charge in [-0.05, 0) is 24.0 Å². The van der Waals surface area contributed by atoms with E-state index in [-0.39, 0.29) is 24.9 Å². The Morgan fingerprint density at radius 2 is 1.97 bits per heavy atom. The van der Waals surface area contributed by atoms with Crippen LogP contribution in [0, 0.1) is 12.8 Å². The monoisotopic (exact) mass is 442 g/mol. The predicted molar refractivity (Wildman–Crippen MR) is 116 cm³/mol. The number of amides is 2. The van der Waals surface area contributed by atoms with Crippen LogP contribution in [0.25, 0.3) is 0 Å². The number of nitrogens with zero attached hydrogens (tertiary/aromatic N) is 2. The molecule has 1 aliphatic rings. The van der Waals surface area contributed by atoms with E-state index in [2.05, 4.69) is 15.8 Å². The van der Waals surface area contributed by atoms with Crippen LogP contribution in [0.4, 0.5) is 4.79 Å². The summed E-state index contributed by atoms with van der Waals surface area (Å²) in [5.74, 6) is -0.691. The van der Waals surface area contributed by atoms with Crippen molar-refractivity contribution in [2.24, 2.45) is 11.0 Å². The molecule has 2 N–H and O–H groups in total. The normalized spacial score (nSPS) is 15.6. The average Bonchev–Trinajstić information content (AvgIpc) is 3.07. The van der Waals surface area contributed by atoms with E-state index in [4.69, 9.17) is 4.74 Å². The maximum Gasteiger partial charge on any atom is 0.408 e. The number of nitrogens with one attached hydrogen (secondary N) is 2. The number of Topliss-reactive ketones (excluding diaryl/α,β-unsaturated/α-hetero) is 1. The van der Waals surface area contributed by atoms with Gasteiger partial charge in [0.2, 0.25) is 5.78 Å². The Morgan fingerprint density at radius 3 is 2.55 bits per heavy atom. The van der Waals surface area contributed by atoms with Crippen molar-refractivity contribution in [2.45, 2.75) is 26.8 Å². The number of benzene rings is 1. The molecule has 1 atom stereocenters. The van der Waals surface area contributed by atoms with Crippen LogP contribution < -0.4 is 10.7 Å². The van der Waals surface area contributed by atoms with Crippen molar-refractivity contribution in [2.75, 3.05) is 26.0 Å². The lowest BCUT2D eigenvalue weighted by molar-refractivity contribution is -0.139. The number of rotatable bonds is 7. The molecule has 2 rings (SSSR count). The summed E-state index contributed by atoms with van der Waals surface area (Å²) in [7, 11) is 1.86. The molecular formula is C19H27ClN4O4S. The molecule has 0 aliphatic carbocycles. The Bertz CT molecular complexity index is 772. The second-order valence-corrected chi connectivity index (χ2v) is 7.96. The molecule has 0 spiro atoms. The Labute approximate surface area is 181 Å². The minimum Gasteiger partial charge on any atom is -0.449 e. The van der Waals surface area contributed by atoms with E-state index in [9.17, 15) is 14.4 Å². The zero-order valence-electron chi connectivity index (χ0n) is 16.9. The smallest absolute Gasteiger partial charge is 0.408 e. The lowest BCUT2D eigenvalue weighted by Gasteiger charge is -2.19. The highest BCUT2D eigenvalue weighted by molar-refractivity contribution is 8.14. The van der Waals surface area contributed by atoms with Gasteiger partial charge in [-0.15, -0.1) is 17.5 Å². The summed E-state index contributed by atoms with van der Waals surface area (Å²) in [6.45, 7) is 6.65. The number of ketones is 1. The maximum atomic E-state index is 12.8. The standard InChI is InChI=1S/C19H26N4O4S.ClH/c1-12(2)11-27-19(26)20-15(14-8-6-5-7-13(14)3)16(24)17(25)21-22-18-23(4)9-10-28-18;/h5-8,12,15H,9-11H2,1-4H3,(H,20,26)(H,21,25);1H/b22-18-;. The van der Waals surface area contributed by atoms with Crippen LogP contribution in [0.2, 0.25) is 0 Å². The van der Waals surface area contributed by atoms with Crippen LogP contribution in [-0.2, 0) is 14.3 Å². The van der Waals surface area contributed by atoms with Crippen LogP contribution >= 0.6 is 24.2 Å². The Morgan fingerprint density at radius 1 is 1.28 bits per heavy atom. The number of hydrazone groups is 1. The van der Waals surface area contributed by atoms with Gasteiger partial charge >= 0.3 is 12.0 Å². The first-order valence-electron chi connectivity index (χ1n) is 9.04. The van der Waals surface area contributed by atoms with E-state index in [1.165, 1.54) is 11.8 Å². The number of amidine groups is 1. The zero-order chi connectivity index (χ0) is 20.7. The summed E-state index contributed by atoms with van der Waals surface area (Å²) in [5.41, 5.74) is 3.60. The Balaban J connectivity index is 0.00000420. The molecule has 2 amide bonds. The molecular weight excluding hydrogens is 416 g/mol. The Kier molecular flexibility index (Phi) is 9.97. The van der Waals surface area contributed by atoms with Gasteiger partial charge in [-0.1, -0.05) is 49.9 Å². The quantitative estimate of drug-likeness (QED) is 0.497. The molecule has 10 heteroatoms. The first kappa shape index (κ1) is 24.8. The number of alkyl carbamates (subject to hydrolysis) is 1. The van der Waals surface area contributed by atoms with Gasteiger partial charge in [0.1, 0.15) is 6.04 Å². The van der Waals surface area contributed by atoms with Crippen LogP contribution in [0.15, 0.2) is 29.4 Å². The Hall–Kier alpha value is -2.26. The number of ether oxygens (including phenoxy) is 1. The van der Waals surface area contributed by atoms with Gasteiger partial charge in [-0.2, -0.15) is 0 Å². The highest BCUT2D eigenvalue weighted by Crippen LogP contribution is 2.19. The van der Waals surface area contributed by atoms with Crippen LogP contribution in [-0.4, -0.2) is 53.8 Å². The molecule has 0 aromatic heterocycles. The fourth-order valence-corrected chi connectivity index (χ4v) is 3.45. The molecule has 1 aromatic rings. The molecule has 29 heavy (non-hydrogen) atoms. The highest BCUT2D eigenvalue weighted by atomic mass is 35.5. The van der Waals surface area contributed by atoms with E-state index in [0.29, 0.717) is 10.7 Å². The fourth-order valence-electron chi connectivity index (χ4n) is 2.48. The van der Waals surface area contributed by atoms with Gasteiger partial charge in [-0.3, -0.25) is 9.59 Å². The third-order valence-electron chi connectivity index (χ3n) is 4.03. The van der Waals surface area contributed by atoms with Crippen molar-refractivity contribution in [3.8, 4) is 0 Å². The first-order chi connectivity index (χ1) is 13.3. The minimum atomic E-state index is -1.16. The van der Waals surface area contributed by atoms with Gasteiger partial charge in [-0.25, -0.2) is 10.2 Å². The lowest BCUT2D eigenvalue weighted by Crippen LogP contribution is -2.41. The molecule has 160 valence electrons. The van der Waals surface area contributed by atoms with E-state index >= 15 is 0 Å². The van der Waals surface area contributed by atoms with Crippen LogP contribution in [0.5, 0.6) is 0 Å². The average molecular weight is 443 g/mol.